The van der Waals surface area contributed by atoms with E-state index >= 15 is 0 Å². The zero-order chi connectivity index (χ0) is 13.8. The highest BCUT2D eigenvalue weighted by Crippen LogP contribution is 2.12. The van der Waals surface area contributed by atoms with Crippen LogP contribution in [0.15, 0.2) is 9.52 Å². The van der Waals surface area contributed by atoms with E-state index in [9.17, 15) is 0 Å². The van der Waals surface area contributed by atoms with Crippen molar-refractivity contribution in [3.63, 3.8) is 0 Å². The lowest BCUT2D eigenvalue weighted by atomic mass is 10.1. The van der Waals surface area contributed by atoms with Gasteiger partial charge in [-0.05, 0) is 27.2 Å². The molecule has 7 heteroatoms. The van der Waals surface area contributed by atoms with Gasteiger partial charge in [0, 0.05) is 25.2 Å². The molecule has 0 radical (unpaired) electrons. The normalized spacial score (nSPS) is 19.9. The molecule has 20 heavy (non-hydrogen) atoms. The van der Waals surface area contributed by atoms with Crippen molar-refractivity contribution in [2.45, 2.75) is 33.3 Å². The van der Waals surface area contributed by atoms with Gasteiger partial charge in [0.2, 0.25) is 0 Å². The van der Waals surface area contributed by atoms with Crippen molar-refractivity contribution in [3.8, 4) is 0 Å². The maximum atomic E-state index is 6.01. The van der Waals surface area contributed by atoms with Gasteiger partial charge in [0.05, 0.1) is 18.4 Å². The summed E-state index contributed by atoms with van der Waals surface area (Å²) in [6.45, 7) is 8.89. The number of nitrogens with zero attached hydrogens (tertiary/aromatic N) is 3. The lowest BCUT2D eigenvalue weighted by Crippen LogP contribution is -2.47. The standard InChI is InChI=1S/C13H22N4O2.HI/c1-9-8-17(6-7-18-9)13(14)15-5-4-12-10(2)16-19-11(12)3;/h9H,4-8H2,1-3H3,(H2,14,15);1H. The molecule has 1 aliphatic rings. The van der Waals surface area contributed by atoms with Gasteiger partial charge in [-0.1, -0.05) is 5.16 Å². The number of aliphatic imine (C=N–C) groups is 1. The first-order valence-electron chi connectivity index (χ1n) is 6.66. The van der Waals surface area contributed by atoms with Crippen LogP contribution in [0.4, 0.5) is 0 Å². The smallest absolute Gasteiger partial charge is 0.191 e. The molecule has 2 heterocycles. The molecule has 0 spiro atoms. The van der Waals surface area contributed by atoms with Gasteiger partial charge in [-0.15, -0.1) is 24.0 Å². The highest BCUT2D eigenvalue weighted by molar-refractivity contribution is 14.0. The zero-order valence-electron chi connectivity index (χ0n) is 12.3. The summed E-state index contributed by atoms with van der Waals surface area (Å²) in [4.78, 5) is 6.51. The minimum Gasteiger partial charge on any atom is -0.375 e. The highest BCUT2D eigenvalue weighted by Gasteiger charge is 2.18. The highest BCUT2D eigenvalue weighted by atomic mass is 127. The van der Waals surface area contributed by atoms with Crippen LogP contribution in [0.3, 0.4) is 0 Å². The number of nitrogens with two attached hydrogens (primary N) is 1. The van der Waals surface area contributed by atoms with Crippen molar-refractivity contribution in [1.29, 1.82) is 0 Å². The molecule has 1 aromatic heterocycles. The molecule has 2 N–H and O–H groups in total. The van der Waals surface area contributed by atoms with Gasteiger partial charge in [-0.3, -0.25) is 4.99 Å². The van der Waals surface area contributed by atoms with Gasteiger partial charge in [0.15, 0.2) is 5.96 Å². The van der Waals surface area contributed by atoms with Crippen LogP contribution in [-0.2, 0) is 11.2 Å². The van der Waals surface area contributed by atoms with Crippen molar-refractivity contribution in [2.24, 2.45) is 10.7 Å². The van der Waals surface area contributed by atoms with E-state index in [2.05, 4.69) is 15.0 Å². The Morgan fingerprint density at radius 2 is 2.25 bits per heavy atom. The maximum absolute atomic E-state index is 6.01. The number of halogens is 1. The molecule has 1 fully saturated rings. The Bertz CT molecular complexity index is 442. The number of aryl methyl sites for hydroxylation is 2. The molecule has 0 saturated carbocycles. The number of hydrogen-bond acceptors (Lipinski definition) is 4. The molecule has 1 aromatic rings. The summed E-state index contributed by atoms with van der Waals surface area (Å²) in [5.74, 6) is 1.47. The first-order chi connectivity index (χ1) is 9.08. The monoisotopic (exact) mass is 394 g/mol. The molecule has 114 valence electrons. The molecule has 6 nitrogen and oxygen atoms in total. The number of aromatic nitrogens is 1. The van der Waals surface area contributed by atoms with Crippen molar-refractivity contribution in [2.75, 3.05) is 26.2 Å². The third-order valence-electron chi connectivity index (χ3n) is 3.38. The molecule has 1 saturated heterocycles. The third-order valence-corrected chi connectivity index (χ3v) is 3.38. The number of hydrogen-bond donors (Lipinski definition) is 1. The minimum absolute atomic E-state index is 0. The van der Waals surface area contributed by atoms with Gasteiger partial charge in [-0.25, -0.2) is 0 Å². The van der Waals surface area contributed by atoms with Gasteiger partial charge in [-0.2, -0.15) is 0 Å². The Labute approximate surface area is 136 Å². The van der Waals surface area contributed by atoms with Crippen LogP contribution in [0, 0.1) is 13.8 Å². The van der Waals surface area contributed by atoms with Crippen molar-refractivity contribution in [3.05, 3.63) is 17.0 Å². The average molecular weight is 394 g/mol. The van der Waals surface area contributed by atoms with Crippen molar-refractivity contribution < 1.29 is 9.26 Å². The molecule has 1 unspecified atom stereocenters. The first kappa shape index (κ1) is 17.2. The van der Waals surface area contributed by atoms with E-state index in [-0.39, 0.29) is 30.1 Å². The fourth-order valence-corrected chi connectivity index (χ4v) is 2.27. The SMILES string of the molecule is Cc1noc(C)c1CCN=C(N)N1CCOC(C)C1.I. The van der Waals surface area contributed by atoms with Crippen molar-refractivity contribution >= 4 is 29.9 Å². The molecule has 1 aliphatic heterocycles. The molecule has 0 amide bonds. The van der Waals surface area contributed by atoms with Gasteiger partial charge < -0.3 is 19.9 Å². The van der Waals surface area contributed by atoms with E-state index in [1.54, 1.807) is 0 Å². The maximum Gasteiger partial charge on any atom is 0.191 e. The number of morpholine rings is 1. The number of ether oxygens (including phenoxy) is 1. The predicted octanol–water partition coefficient (Wildman–Crippen LogP) is 1.49. The Kier molecular flexibility index (Phi) is 6.74. The fraction of sp³-hybridized carbons (Fsp3) is 0.692. The molecular weight excluding hydrogens is 371 g/mol. The van der Waals surface area contributed by atoms with Crippen LogP contribution in [0.2, 0.25) is 0 Å². The zero-order valence-corrected chi connectivity index (χ0v) is 14.6. The predicted molar refractivity (Wildman–Crippen MR) is 88.6 cm³/mol. The minimum atomic E-state index is 0. The Morgan fingerprint density at radius 3 is 2.85 bits per heavy atom. The number of guanidine groups is 1. The van der Waals surface area contributed by atoms with Crippen LogP contribution in [0.25, 0.3) is 0 Å². The van der Waals surface area contributed by atoms with Crippen LogP contribution < -0.4 is 5.73 Å². The van der Waals surface area contributed by atoms with E-state index in [4.69, 9.17) is 15.0 Å². The van der Waals surface area contributed by atoms with Crippen LogP contribution in [-0.4, -0.2) is 48.4 Å². The second kappa shape index (κ2) is 7.82. The summed E-state index contributed by atoms with van der Waals surface area (Å²) in [5, 5.41) is 3.93. The Hall–Kier alpha value is -0.830. The molecule has 0 bridgehead atoms. The van der Waals surface area contributed by atoms with Gasteiger partial charge in [0.1, 0.15) is 5.76 Å². The van der Waals surface area contributed by atoms with Gasteiger partial charge in [0.25, 0.3) is 0 Å². The second-order valence-electron chi connectivity index (χ2n) is 4.92. The summed E-state index contributed by atoms with van der Waals surface area (Å²) in [6.07, 6.45) is 1.02. The quantitative estimate of drug-likeness (QED) is 0.478. The van der Waals surface area contributed by atoms with E-state index in [0.29, 0.717) is 19.1 Å². The molecule has 2 rings (SSSR count). The summed E-state index contributed by atoms with van der Waals surface area (Å²) in [7, 11) is 0. The van der Waals surface area contributed by atoms with E-state index < -0.39 is 0 Å². The molecule has 0 aliphatic carbocycles. The van der Waals surface area contributed by atoms with Gasteiger partial charge >= 0.3 is 0 Å². The average Bonchev–Trinajstić information content (AvgIpc) is 2.70. The topological polar surface area (TPSA) is 76.9 Å². The second-order valence-corrected chi connectivity index (χ2v) is 4.92. The largest absolute Gasteiger partial charge is 0.375 e. The summed E-state index contributed by atoms with van der Waals surface area (Å²) in [5.41, 5.74) is 8.08. The Balaban J connectivity index is 0.00000200. The Morgan fingerprint density at radius 1 is 1.50 bits per heavy atom. The van der Waals surface area contributed by atoms with E-state index in [0.717, 1.165) is 36.5 Å². The molecule has 0 aromatic carbocycles. The fourth-order valence-electron chi connectivity index (χ4n) is 2.27. The molecular formula is C13H23IN4O2. The van der Waals surface area contributed by atoms with E-state index in [1.807, 2.05) is 20.8 Å². The lowest BCUT2D eigenvalue weighted by Gasteiger charge is -2.31. The van der Waals surface area contributed by atoms with Crippen LogP contribution >= 0.6 is 24.0 Å². The summed E-state index contributed by atoms with van der Waals surface area (Å²) >= 11 is 0. The number of rotatable bonds is 3. The van der Waals surface area contributed by atoms with Crippen molar-refractivity contribution in [1.82, 2.24) is 10.1 Å². The first-order valence-corrected chi connectivity index (χ1v) is 6.66. The van der Waals surface area contributed by atoms with Crippen LogP contribution in [0.1, 0.15) is 23.9 Å². The summed E-state index contributed by atoms with van der Waals surface area (Å²) < 4.78 is 10.6. The summed E-state index contributed by atoms with van der Waals surface area (Å²) in [6, 6.07) is 0. The van der Waals surface area contributed by atoms with Crippen LogP contribution in [0.5, 0.6) is 0 Å². The van der Waals surface area contributed by atoms with E-state index in [1.165, 1.54) is 0 Å². The third kappa shape index (κ3) is 4.34. The lowest BCUT2D eigenvalue weighted by molar-refractivity contribution is 0.00530. The molecule has 1 atom stereocenters.